The summed E-state index contributed by atoms with van der Waals surface area (Å²) < 4.78 is 5.18. The van der Waals surface area contributed by atoms with E-state index in [2.05, 4.69) is 6.92 Å². The lowest BCUT2D eigenvalue weighted by Crippen LogP contribution is -1.88. The maximum atomic E-state index is 10.4. The molecule has 10 heavy (non-hydrogen) atoms. The lowest BCUT2D eigenvalue weighted by atomic mass is 10.2. The largest absolute Gasteiger partial charge is 0.365 e. The molecule has 0 amide bonds. The molecular weight excluding hydrogens is 128 g/mol. The van der Waals surface area contributed by atoms with Gasteiger partial charge in [-0.05, 0) is 25.5 Å². The van der Waals surface area contributed by atoms with E-state index in [1.165, 1.54) is 0 Å². The fraction of sp³-hybridized carbons (Fsp3) is 0.625. The second-order valence-electron chi connectivity index (χ2n) is 2.52. The smallest absolute Gasteiger partial charge is 0.152 e. The van der Waals surface area contributed by atoms with Crippen LogP contribution in [0.15, 0.2) is 12.2 Å². The van der Waals surface area contributed by atoms with E-state index in [0.29, 0.717) is 6.10 Å². The van der Waals surface area contributed by atoms with E-state index in [4.69, 9.17) is 4.74 Å². The van der Waals surface area contributed by atoms with Crippen LogP contribution in [0.25, 0.3) is 0 Å². The Kier molecular flexibility index (Phi) is 2.22. The van der Waals surface area contributed by atoms with Crippen molar-refractivity contribution in [3.05, 3.63) is 12.2 Å². The van der Waals surface area contributed by atoms with Crippen molar-refractivity contribution >= 4 is 5.78 Å². The van der Waals surface area contributed by atoms with Gasteiger partial charge < -0.3 is 4.74 Å². The van der Waals surface area contributed by atoms with Crippen LogP contribution >= 0.6 is 0 Å². The number of epoxide rings is 1. The molecule has 2 heteroatoms. The van der Waals surface area contributed by atoms with Crippen molar-refractivity contribution in [3.8, 4) is 0 Å². The van der Waals surface area contributed by atoms with Gasteiger partial charge in [-0.1, -0.05) is 6.92 Å². The molecule has 0 saturated carbocycles. The second-order valence-corrected chi connectivity index (χ2v) is 2.52. The summed E-state index contributed by atoms with van der Waals surface area (Å²) in [6, 6.07) is 0. The lowest BCUT2D eigenvalue weighted by Gasteiger charge is -1.78. The molecule has 0 aromatic rings. The van der Waals surface area contributed by atoms with Crippen molar-refractivity contribution in [2.75, 3.05) is 0 Å². The number of ketones is 1. The first-order valence-electron chi connectivity index (χ1n) is 3.58. The van der Waals surface area contributed by atoms with Gasteiger partial charge in [0.15, 0.2) is 5.78 Å². The molecule has 1 fully saturated rings. The molecule has 0 aromatic heterocycles. The first-order valence-corrected chi connectivity index (χ1v) is 3.58. The van der Waals surface area contributed by atoms with Gasteiger partial charge in [0.05, 0.1) is 6.10 Å². The third-order valence-electron chi connectivity index (χ3n) is 1.54. The summed E-state index contributed by atoms with van der Waals surface area (Å²) >= 11 is 0. The number of ether oxygens (including phenoxy) is 1. The number of carbonyl (C=O) groups excluding carboxylic acids is 1. The van der Waals surface area contributed by atoms with Gasteiger partial charge in [-0.3, -0.25) is 4.79 Å². The van der Waals surface area contributed by atoms with Crippen LogP contribution < -0.4 is 0 Å². The summed E-state index contributed by atoms with van der Waals surface area (Å²) in [6.45, 7) is 3.62. The van der Waals surface area contributed by atoms with Gasteiger partial charge >= 0.3 is 0 Å². The summed E-state index contributed by atoms with van der Waals surface area (Å²) in [4.78, 5) is 10.4. The molecule has 0 N–H and O–H groups in total. The summed E-state index contributed by atoms with van der Waals surface area (Å²) in [7, 11) is 0. The van der Waals surface area contributed by atoms with Crippen molar-refractivity contribution in [1.82, 2.24) is 0 Å². The van der Waals surface area contributed by atoms with Gasteiger partial charge in [0.2, 0.25) is 0 Å². The molecule has 1 aliphatic rings. The Hall–Kier alpha value is -0.630. The Labute approximate surface area is 60.9 Å². The molecule has 2 atom stereocenters. The van der Waals surface area contributed by atoms with Crippen LogP contribution in [0.1, 0.15) is 20.3 Å². The molecule has 0 aliphatic carbocycles. The topological polar surface area (TPSA) is 29.6 Å². The number of hydrogen-bond acceptors (Lipinski definition) is 2. The van der Waals surface area contributed by atoms with Gasteiger partial charge in [-0.2, -0.15) is 0 Å². The van der Waals surface area contributed by atoms with Gasteiger partial charge in [0.1, 0.15) is 6.10 Å². The van der Waals surface area contributed by atoms with Crippen LogP contribution in [0.2, 0.25) is 0 Å². The van der Waals surface area contributed by atoms with Gasteiger partial charge in [0, 0.05) is 0 Å². The van der Waals surface area contributed by atoms with Crippen LogP contribution in [0, 0.1) is 0 Å². The van der Waals surface area contributed by atoms with E-state index < -0.39 is 0 Å². The molecule has 0 spiro atoms. The zero-order valence-corrected chi connectivity index (χ0v) is 6.33. The molecule has 0 aromatic carbocycles. The monoisotopic (exact) mass is 140 g/mol. The molecule has 0 radical (unpaired) electrons. The van der Waals surface area contributed by atoms with Crippen molar-refractivity contribution in [3.63, 3.8) is 0 Å². The minimum atomic E-state index is 0.0883. The SMILES string of the molecule is CC[C@H]1O[C@@H]1/C=C/C(C)=O. The Morgan fingerprint density at radius 1 is 1.70 bits per heavy atom. The Balaban J connectivity index is 2.23. The van der Waals surface area contributed by atoms with Crippen molar-refractivity contribution in [1.29, 1.82) is 0 Å². The minimum absolute atomic E-state index is 0.0883. The Morgan fingerprint density at radius 3 is 2.80 bits per heavy atom. The average molecular weight is 140 g/mol. The first-order chi connectivity index (χ1) is 4.74. The van der Waals surface area contributed by atoms with Gasteiger partial charge in [-0.15, -0.1) is 0 Å². The van der Waals surface area contributed by atoms with Gasteiger partial charge in [-0.25, -0.2) is 0 Å². The molecule has 1 rings (SSSR count). The Morgan fingerprint density at radius 2 is 2.40 bits per heavy atom. The summed E-state index contributed by atoms with van der Waals surface area (Å²) in [5.41, 5.74) is 0. The Bertz CT molecular complexity index is 161. The van der Waals surface area contributed by atoms with Crippen molar-refractivity contribution in [2.45, 2.75) is 32.5 Å². The third-order valence-corrected chi connectivity index (χ3v) is 1.54. The highest BCUT2D eigenvalue weighted by molar-refractivity contribution is 5.87. The molecule has 1 aliphatic heterocycles. The van der Waals surface area contributed by atoms with Crippen LogP contribution in [-0.2, 0) is 9.53 Å². The van der Waals surface area contributed by atoms with Crippen LogP contribution in [0.3, 0.4) is 0 Å². The predicted molar refractivity (Wildman–Crippen MR) is 38.8 cm³/mol. The number of carbonyl (C=O) groups is 1. The summed E-state index contributed by atoms with van der Waals surface area (Å²) in [6.07, 6.45) is 5.02. The van der Waals surface area contributed by atoms with E-state index >= 15 is 0 Å². The molecule has 0 bridgehead atoms. The third kappa shape index (κ3) is 1.95. The van der Waals surface area contributed by atoms with E-state index in [1.54, 1.807) is 13.0 Å². The fourth-order valence-corrected chi connectivity index (χ4v) is 0.885. The molecule has 0 unspecified atom stereocenters. The molecular formula is C8H12O2. The molecule has 1 heterocycles. The van der Waals surface area contributed by atoms with E-state index in [1.807, 2.05) is 6.08 Å². The molecule has 56 valence electrons. The standard InChI is InChI=1S/C8H12O2/c1-3-7-8(10-7)5-4-6(2)9/h4-5,7-8H,3H2,1-2H3/b5-4+/t7-,8-/m1/s1. The summed E-state index contributed by atoms with van der Waals surface area (Å²) in [5, 5.41) is 0. The normalized spacial score (nSPS) is 31.0. The number of allylic oxidation sites excluding steroid dienone is 1. The van der Waals surface area contributed by atoms with Crippen LogP contribution in [0.4, 0.5) is 0 Å². The lowest BCUT2D eigenvalue weighted by molar-refractivity contribution is -0.112. The highest BCUT2D eigenvalue weighted by Gasteiger charge is 2.34. The molecule has 2 nitrogen and oxygen atoms in total. The van der Waals surface area contributed by atoms with Crippen LogP contribution in [0.5, 0.6) is 0 Å². The van der Waals surface area contributed by atoms with Crippen molar-refractivity contribution in [2.24, 2.45) is 0 Å². The van der Waals surface area contributed by atoms with E-state index in [0.717, 1.165) is 6.42 Å². The summed E-state index contributed by atoms with van der Waals surface area (Å²) in [5.74, 6) is 0.0883. The average Bonchev–Trinajstić information content (AvgIpc) is 2.61. The highest BCUT2D eigenvalue weighted by Crippen LogP contribution is 2.25. The highest BCUT2D eigenvalue weighted by atomic mass is 16.6. The number of rotatable bonds is 3. The predicted octanol–water partition coefficient (Wildman–Crippen LogP) is 1.31. The van der Waals surface area contributed by atoms with Crippen LogP contribution in [-0.4, -0.2) is 18.0 Å². The minimum Gasteiger partial charge on any atom is -0.365 e. The zero-order chi connectivity index (χ0) is 7.56. The quantitative estimate of drug-likeness (QED) is 0.437. The zero-order valence-electron chi connectivity index (χ0n) is 6.33. The van der Waals surface area contributed by atoms with Crippen molar-refractivity contribution < 1.29 is 9.53 Å². The van der Waals surface area contributed by atoms with E-state index in [-0.39, 0.29) is 11.9 Å². The maximum absolute atomic E-state index is 10.4. The molecule has 1 saturated heterocycles. The first kappa shape index (κ1) is 7.48. The maximum Gasteiger partial charge on any atom is 0.152 e. The van der Waals surface area contributed by atoms with Gasteiger partial charge in [0.25, 0.3) is 0 Å². The second kappa shape index (κ2) is 2.97. The van der Waals surface area contributed by atoms with E-state index in [9.17, 15) is 4.79 Å². The fourth-order valence-electron chi connectivity index (χ4n) is 0.885. The number of hydrogen-bond donors (Lipinski definition) is 0.